The van der Waals surface area contributed by atoms with E-state index >= 15 is 0 Å². The second-order valence-electron chi connectivity index (χ2n) is 12.9. The monoisotopic (exact) mass is 510 g/mol. The van der Waals surface area contributed by atoms with Crippen molar-refractivity contribution in [3.8, 4) is 0 Å². The minimum absolute atomic E-state index is 0.116. The number of piperazine rings is 1. The van der Waals surface area contributed by atoms with Crippen LogP contribution in [0.4, 0.5) is 0 Å². The number of ether oxygens (including phenoxy) is 1. The first kappa shape index (κ1) is 26.1. The number of carbonyl (C=O) groups is 1. The Morgan fingerprint density at radius 1 is 0.971 bits per heavy atom. The molecule has 0 bridgehead atoms. The highest BCUT2D eigenvalue weighted by Crippen LogP contribution is 2.64. The van der Waals surface area contributed by atoms with Gasteiger partial charge in [0.1, 0.15) is 5.78 Å². The number of sulfonamides is 1. The normalized spacial score (nSPS) is 44.9. The maximum atomic E-state index is 13.6. The molecule has 8 heteroatoms. The van der Waals surface area contributed by atoms with Gasteiger partial charge >= 0.3 is 0 Å². The number of nitrogens with zero attached hydrogens (tertiary/aromatic N) is 2. The van der Waals surface area contributed by atoms with Gasteiger partial charge in [0.2, 0.25) is 10.0 Å². The summed E-state index contributed by atoms with van der Waals surface area (Å²) < 4.78 is 30.5. The summed E-state index contributed by atoms with van der Waals surface area (Å²) in [5, 5.41) is 11.0. The van der Waals surface area contributed by atoms with Crippen LogP contribution in [0.15, 0.2) is 0 Å². The van der Waals surface area contributed by atoms with E-state index in [0.717, 1.165) is 49.9 Å². The molecule has 0 spiro atoms. The van der Waals surface area contributed by atoms with Crippen molar-refractivity contribution in [2.45, 2.75) is 70.3 Å². The van der Waals surface area contributed by atoms with Gasteiger partial charge in [-0.05, 0) is 92.8 Å². The molecule has 5 rings (SSSR count). The second-order valence-corrected chi connectivity index (χ2v) is 14.9. The fourth-order valence-electron chi connectivity index (χ4n) is 9.44. The number of carbonyl (C=O) groups excluding carboxylic acids is 1. The molecule has 1 heterocycles. The Balaban J connectivity index is 1.21. The first-order valence-corrected chi connectivity index (χ1v) is 15.8. The largest absolute Gasteiger partial charge is 0.387 e. The van der Waals surface area contributed by atoms with Crippen LogP contribution in [0.2, 0.25) is 0 Å². The van der Waals surface area contributed by atoms with Crippen LogP contribution in [0.1, 0.15) is 64.7 Å². The Morgan fingerprint density at radius 3 is 2.37 bits per heavy atom. The summed E-state index contributed by atoms with van der Waals surface area (Å²) in [6.45, 7) is 5.61. The maximum absolute atomic E-state index is 13.6. The molecule has 0 amide bonds. The third kappa shape index (κ3) is 4.87. The van der Waals surface area contributed by atoms with Crippen molar-refractivity contribution >= 4 is 15.8 Å². The molecule has 0 radical (unpaired) electrons. The highest BCUT2D eigenvalue weighted by molar-refractivity contribution is 7.88. The van der Waals surface area contributed by atoms with Crippen molar-refractivity contribution < 1.29 is 23.1 Å². The Hall–Kier alpha value is -0.540. The van der Waals surface area contributed by atoms with Crippen molar-refractivity contribution in [2.24, 2.45) is 40.9 Å². The van der Waals surface area contributed by atoms with Crippen molar-refractivity contribution in [3.63, 3.8) is 0 Å². The number of Topliss-reactive ketones (excluding diaryl/α,β-unsaturated/α-hetero) is 1. The second kappa shape index (κ2) is 9.64. The fraction of sp³-hybridized carbons (Fsp3) is 0.963. The minimum Gasteiger partial charge on any atom is -0.387 e. The Labute approximate surface area is 212 Å². The van der Waals surface area contributed by atoms with Crippen molar-refractivity contribution in [1.82, 2.24) is 9.21 Å². The zero-order valence-corrected chi connectivity index (χ0v) is 22.8. The molecule has 0 aromatic heterocycles. The van der Waals surface area contributed by atoms with Gasteiger partial charge in [0.05, 0.1) is 25.0 Å². The van der Waals surface area contributed by atoms with Crippen LogP contribution in [0, 0.1) is 40.9 Å². The molecule has 1 aliphatic heterocycles. The van der Waals surface area contributed by atoms with Gasteiger partial charge in [0, 0.05) is 39.2 Å². The number of hydrogen-bond donors (Lipinski definition) is 1. The van der Waals surface area contributed by atoms with Crippen molar-refractivity contribution in [2.75, 3.05) is 52.7 Å². The summed E-state index contributed by atoms with van der Waals surface area (Å²) in [5.41, 5.74) is -0.519. The van der Waals surface area contributed by atoms with Crippen LogP contribution in [-0.2, 0) is 19.6 Å². The summed E-state index contributed by atoms with van der Waals surface area (Å²) in [6, 6.07) is 0. The molecule has 7 nitrogen and oxygen atoms in total. The van der Waals surface area contributed by atoms with Gasteiger partial charge in [-0.1, -0.05) is 6.92 Å². The molecular formula is C27H46N2O5S. The van der Waals surface area contributed by atoms with Crippen molar-refractivity contribution in [3.05, 3.63) is 0 Å². The standard InChI is InChI=1S/C27H46N2O5S/c1-26-10-8-21-20-9-11-27(31,18-34-2)16-19(20)4-5-22(21)23(26)6-7-24(26)25(30)17-28-12-14-29(15-13-28)35(3,32)33/h19-24,31H,4-18H2,1-3H3/t19-,20-,21+,22+,23-,24+,26-,27+/m0/s1. The van der Waals surface area contributed by atoms with E-state index in [2.05, 4.69) is 11.8 Å². The zero-order chi connectivity index (χ0) is 25.0. The van der Waals surface area contributed by atoms with Crippen LogP contribution in [0.3, 0.4) is 0 Å². The number of ketones is 1. The molecule has 35 heavy (non-hydrogen) atoms. The molecule has 5 fully saturated rings. The lowest BCUT2D eigenvalue weighted by molar-refractivity contribution is -0.137. The molecule has 0 unspecified atom stereocenters. The van der Waals surface area contributed by atoms with Crippen molar-refractivity contribution in [1.29, 1.82) is 0 Å². The van der Waals surface area contributed by atoms with E-state index in [-0.39, 0.29) is 11.3 Å². The maximum Gasteiger partial charge on any atom is 0.211 e. The average molecular weight is 511 g/mol. The molecule has 5 aliphatic rings. The van der Waals surface area contributed by atoms with Gasteiger partial charge in [-0.3, -0.25) is 9.69 Å². The molecule has 4 aliphatic carbocycles. The van der Waals surface area contributed by atoms with E-state index in [4.69, 9.17) is 4.74 Å². The number of methoxy groups -OCH3 is 1. The van der Waals surface area contributed by atoms with Crippen LogP contribution in [0.5, 0.6) is 0 Å². The van der Waals surface area contributed by atoms with E-state index in [1.165, 1.54) is 36.2 Å². The lowest BCUT2D eigenvalue weighted by Gasteiger charge is -2.57. The van der Waals surface area contributed by atoms with Gasteiger partial charge in [-0.2, -0.15) is 4.31 Å². The Morgan fingerprint density at radius 2 is 1.69 bits per heavy atom. The van der Waals surface area contributed by atoms with Gasteiger partial charge < -0.3 is 9.84 Å². The highest BCUT2D eigenvalue weighted by Gasteiger charge is 2.59. The Bertz CT molecular complexity index is 903. The zero-order valence-electron chi connectivity index (χ0n) is 22.0. The smallest absolute Gasteiger partial charge is 0.211 e. The Kier molecular flexibility index (Phi) is 7.19. The quantitative estimate of drug-likeness (QED) is 0.591. The molecule has 0 aromatic carbocycles. The first-order valence-electron chi connectivity index (χ1n) is 14.0. The molecule has 8 atom stereocenters. The number of hydrogen-bond acceptors (Lipinski definition) is 6. The molecule has 4 saturated carbocycles. The van der Waals surface area contributed by atoms with Crippen LogP contribution < -0.4 is 0 Å². The lowest BCUT2D eigenvalue weighted by atomic mass is 9.49. The van der Waals surface area contributed by atoms with E-state index in [9.17, 15) is 18.3 Å². The first-order chi connectivity index (χ1) is 16.5. The summed E-state index contributed by atoms with van der Waals surface area (Å²) >= 11 is 0. The average Bonchev–Trinajstić information content (AvgIpc) is 3.16. The number of fused-ring (bicyclic) bond motifs is 5. The third-order valence-electron chi connectivity index (χ3n) is 11.1. The molecule has 0 aromatic rings. The van der Waals surface area contributed by atoms with E-state index < -0.39 is 15.6 Å². The van der Waals surface area contributed by atoms with E-state index in [1.807, 2.05) is 0 Å². The van der Waals surface area contributed by atoms with E-state index in [1.54, 1.807) is 7.11 Å². The van der Waals surface area contributed by atoms with Crippen LogP contribution in [-0.4, -0.2) is 86.8 Å². The van der Waals surface area contributed by atoms with Gasteiger partial charge in [0.25, 0.3) is 0 Å². The van der Waals surface area contributed by atoms with E-state index in [0.29, 0.717) is 56.9 Å². The SMILES string of the molecule is COC[C@@]1(O)CC[C@H]2[C@@H](CC[C@@H]3[C@@H]2CC[C@]2(C)[C@@H](C(=O)CN4CCN(S(C)(=O)=O)CC4)CC[C@@H]32)C1. The van der Waals surface area contributed by atoms with Gasteiger partial charge in [-0.25, -0.2) is 8.42 Å². The minimum atomic E-state index is -3.15. The summed E-state index contributed by atoms with van der Waals surface area (Å²) in [7, 11) is -1.46. The van der Waals surface area contributed by atoms with Crippen LogP contribution in [0.25, 0.3) is 0 Å². The lowest BCUT2D eigenvalue weighted by Crippen LogP contribution is -2.53. The third-order valence-corrected chi connectivity index (χ3v) is 12.4. The number of rotatable bonds is 6. The molecular weight excluding hydrogens is 464 g/mol. The summed E-state index contributed by atoms with van der Waals surface area (Å²) in [4.78, 5) is 15.7. The fourth-order valence-corrected chi connectivity index (χ4v) is 10.3. The predicted molar refractivity (Wildman–Crippen MR) is 135 cm³/mol. The topological polar surface area (TPSA) is 87.2 Å². The van der Waals surface area contributed by atoms with Crippen LogP contribution >= 0.6 is 0 Å². The molecule has 1 saturated heterocycles. The van der Waals surface area contributed by atoms with Gasteiger partial charge in [0.15, 0.2) is 0 Å². The molecule has 1 N–H and O–H groups in total. The molecule has 200 valence electrons. The highest BCUT2D eigenvalue weighted by atomic mass is 32.2. The number of aliphatic hydroxyl groups is 1. The predicted octanol–water partition coefficient (Wildman–Crippen LogP) is 2.78. The summed E-state index contributed by atoms with van der Waals surface area (Å²) in [6.07, 6.45) is 11.2. The summed E-state index contributed by atoms with van der Waals surface area (Å²) in [5.74, 6) is 4.04. The van der Waals surface area contributed by atoms with Gasteiger partial charge in [-0.15, -0.1) is 0 Å².